The Kier molecular flexibility index (Phi) is 10.0. The Bertz CT molecular complexity index is 714. The summed E-state index contributed by atoms with van der Waals surface area (Å²) >= 11 is 0. The lowest BCUT2D eigenvalue weighted by molar-refractivity contribution is -0.149. The molecule has 0 bridgehead atoms. The first kappa shape index (κ1) is 25.2. The van der Waals surface area contributed by atoms with E-state index in [1.54, 1.807) is 27.7 Å². The summed E-state index contributed by atoms with van der Waals surface area (Å²) in [7, 11) is 1.45. The van der Waals surface area contributed by atoms with Crippen LogP contribution in [0.3, 0.4) is 0 Å². The van der Waals surface area contributed by atoms with E-state index in [4.69, 9.17) is 14.2 Å². The van der Waals surface area contributed by atoms with Gasteiger partial charge in [-0.05, 0) is 33.3 Å². The Morgan fingerprint density at radius 1 is 1.20 bits per heavy atom. The second kappa shape index (κ2) is 12.0. The van der Waals surface area contributed by atoms with Gasteiger partial charge in [0, 0.05) is 7.05 Å². The molecule has 1 rings (SSSR count). The number of hydrogen-bond acceptors (Lipinski definition) is 6. The van der Waals surface area contributed by atoms with Crippen molar-refractivity contribution < 1.29 is 28.6 Å². The minimum absolute atomic E-state index is 0.0526. The third-order valence-corrected chi connectivity index (χ3v) is 3.87. The summed E-state index contributed by atoms with van der Waals surface area (Å²) < 4.78 is 16.0. The first-order chi connectivity index (χ1) is 14.0. The molecule has 8 heteroatoms. The zero-order chi connectivity index (χ0) is 22.7. The molecule has 0 aromatic heterocycles. The average Bonchev–Trinajstić information content (AvgIpc) is 2.67. The van der Waals surface area contributed by atoms with Crippen LogP contribution in [0.4, 0.5) is 4.79 Å². The molecule has 0 unspecified atom stereocenters. The fourth-order valence-corrected chi connectivity index (χ4v) is 2.42. The molecule has 0 radical (unpaired) electrons. The molecule has 0 fully saturated rings. The van der Waals surface area contributed by atoms with E-state index in [1.165, 1.54) is 18.0 Å². The van der Waals surface area contributed by atoms with E-state index in [2.05, 4.69) is 11.9 Å². The van der Waals surface area contributed by atoms with Gasteiger partial charge in [-0.1, -0.05) is 43.0 Å². The molecule has 0 spiro atoms. The molecular formula is C22H32N2O6. The van der Waals surface area contributed by atoms with E-state index in [-0.39, 0.29) is 19.8 Å². The fraction of sp³-hybridized carbons (Fsp3) is 0.500. The number of carbonyl (C=O) groups excluding carboxylic acids is 3. The maximum Gasteiger partial charge on any atom is 0.408 e. The lowest BCUT2D eigenvalue weighted by Gasteiger charge is -2.29. The van der Waals surface area contributed by atoms with Crippen LogP contribution >= 0.6 is 0 Å². The van der Waals surface area contributed by atoms with Crippen molar-refractivity contribution in [2.75, 3.05) is 20.2 Å². The molecule has 1 aromatic rings. The van der Waals surface area contributed by atoms with Crippen molar-refractivity contribution in [2.45, 2.75) is 52.0 Å². The fourth-order valence-electron chi connectivity index (χ4n) is 2.42. The Balaban J connectivity index is 2.86. The summed E-state index contributed by atoms with van der Waals surface area (Å²) in [6.07, 6.45) is 0.00188. The highest BCUT2D eigenvalue weighted by Crippen LogP contribution is 2.11. The first-order valence-electron chi connectivity index (χ1n) is 9.70. The number of alkyl carbamates (subject to hydrolysis) is 1. The van der Waals surface area contributed by atoms with Gasteiger partial charge in [0.15, 0.2) is 0 Å². The Hall–Kier alpha value is -2.87. The van der Waals surface area contributed by atoms with E-state index in [9.17, 15) is 14.4 Å². The Morgan fingerprint density at radius 3 is 2.40 bits per heavy atom. The van der Waals surface area contributed by atoms with Crippen LogP contribution in [-0.4, -0.2) is 60.8 Å². The van der Waals surface area contributed by atoms with Crippen LogP contribution in [0.25, 0.3) is 0 Å². The Labute approximate surface area is 178 Å². The van der Waals surface area contributed by atoms with Gasteiger partial charge in [-0.25, -0.2) is 4.79 Å². The molecule has 0 heterocycles. The number of amides is 2. The molecule has 0 aliphatic rings. The summed E-state index contributed by atoms with van der Waals surface area (Å²) in [5.41, 5.74) is 0.195. The minimum Gasteiger partial charge on any atom is -0.460 e. The van der Waals surface area contributed by atoms with Crippen LogP contribution in [-0.2, 0) is 30.4 Å². The molecule has 0 aliphatic heterocycles. The van der Waals surface area contributed by atoms with Gasteiger partial charge in [-0.15, -0.1) is 0 Å². The molecule has 0 aliphatic carbocycles. The quantitative estimate of drug-likeness (QED) is 0.462. The van der Waals surface area contributed by atoms with Gasteiger partial charge in [0.1, 0.15) is 24.8 Å². The predicted octanol–water partition coefficient (Wildman–Crippen LogP) is 2.67. The Morgan fingerprint density at radius 2 is 1.83 bits per heavy atom. The van der Waals surface area contributed by atoms with Gasteiger partial charge >= 0.3 is 12.1 Å². The van der Waals surface area contributed by atoms with Crippen LogP contribution in [0, 0.1) is 0 Å². The van der Waals surface area contributed by atoms with Gasteiger partial charge in [-0.2, -0.15) is 0 Å². The number of benzene rings is 1. The molecule has 30 heavy (non-hydrogen) atoms. The van der Waals surface area contributed by atoms with Crippen molar-refractivity contribution in [2.24, 2.45) is 0 Å². The first-order valence-corrected chi connectivity index (χ1v) is 9.70. The normalized spacial score (nSPS) is 13.0. The van der Waals surface area contributed by atoms with Crippen LogP contribution in [0.5, 0.6) is 0 Å². The molecule has 2 atom stereocenters. The highest BCUT2D eigenvalue weighted by molar-refractivity contribution is 5.88. The van der Waals surface area contributed by atoms with Crippen LogP contribution in [0.1, 0.15) is 33.3 Å². The molecule has 8 nitrogen and oxygen atoms in total. The third kappa shape index (κ3) is 9.56. The number of nitrogens with one attached hydrogen (secondary N) is 1. The van der Waals surface area contributed by atoms with Gasteiger partial charge < -0.3 is 24.4 Å². The van der Waals surface area contributed by atoms with Crippen LogP contribution in [0.15, 0.2) is 43.0 Å². The number of ether oxygens (including phenoxy) is 3. The zero-order valence-electron chi connectivity index (χ0n) is 18.3. The number of rotatable bonds is 10. The van der Waals surface area contributed by atoms with Crippen molar-refractivity contribution >= 4 is 18.0 Å². The van der Waals surface area contributed by atoms with E-state index in [0.717, 1.165) is 5.56 Å². The summed E-state index contributed by atoms with van der Waals surface area (Å²) in [6, 6.07) is 8.39. The highest BCUT2D eigenvalue weighted by Gasteiger charge is 2.32. The molecular weight excluding hydrogens is 388 g/mol. The van der Waals surface area contributed by atoms with Gasteiger partial charge in [0.05, 0.1) is 12.7 Å². The maximum absolute atomic E-state index is 13.0. The molecule has 1 aromatic carbocycles. The van der Waals surface area contributed by atoms with Gasteiger partial charge in [0.2, 0.25) is 5.91 Å². The second-order valence-electron chi connectivity index (χ2n) is 7.79. The molecule has 0 saturated heterocycles. The van der Waals surface area contributed by atoms with Crippen molar-refractivity contribution in [1.29, 1.82) is 0 Å². The van der Waals surface area contributed by atoms with E-state index >= 15 is 0 Å². The maximum atomic E-state index is 13.0. The second-order valence-corrected chi connectivity index (χ2v) is 7.79. The minimum atomic E-state index is -1.05. The summed E-state index contributed by atoms with van der Waals surface area (Å²) in [5.74, 6) is -1.09. The molecule has 166 valence electrons. The summed E-state index contributed by atoms with van der Waals surface area (Å²) in [6.45, 7) is 10.3. The lowest BCUT2D eigenvalue weighted by Crippen LogP contribution is -2.55. The number of hydrogen-bond donors (Lipinski definition) is 1. The SMILES string of the molecule is C=CCOC(=O)CN(C)C(=O)[C@@H](NC(=O)OC(C)(C)C)[C@@H](C)OCc1ccccc1. The zero-order valence-corrected chi connectivity index (χ0v) is 18.3. The summed E-state index contributed by atoms with van der Waals surface area (Å²) in [5, 5.41) is 2.56. The van der Waals surface area contributed by atoms with Gasteiger partial charge in [0.25, 0.3) is 0 Å². The topological polar surface area (TPSA) is 94.2 Å². The largest absolute Gasteiger partial charge is 0.460 e. The van der Waals surface area contributed by atoms with E-state index in [1.807, 2.05) is 30.3 Å². The molecule has 0 saturated carbocycles. The van der Waals surface area contributed by atoms with Crippen molar-refractivity contribution in [3.05, 3.63) is 48.6 Å². The third-order valence-electron chi connectivity index (χ3n) is 3.87. The number of esters is 1. The lowest BCUT2D eigenvalue weighted by atomic mass is 10.1. The van der Waals surface area contributed by atoms with E-state index in [0.29, 0.717) is 0 Å². The number of nitrogens with zero attached hydrogens (tertiary/aromatic N) is 1. The highest BCUT2D eigenvalue weighted by atomic mass is 16.6. The number of carbonyl (C=O) groups is 3. The van der Waals surface area contributed by atoms with Crippen molar-refractivity contribution in [3.63, 3.8) is 0 Å². The summed E-state index contributed by atoms with van der Waals surface area (Å²) in [4.78, 5) is 38.2. The van der Waals surface area contributed by atoms with Crippen molar-refractivity contribution in [3.8, 4) is 0 Å². The van der Waals surface area contributed by atoms with E-state index < -0.39 is 35.7 Å². The van der Waals surface area contributed by atoms with Crippen LogP contribution < -0.4 is 5.32 Å². The number of likely N-dealkylation sites (N-methyl/N-ethyl adjacent to an activating group) is 1. The molecule has 2 amide bonds. The predicted molar refractivity (Wildman–Crippen MR) is 113 cm³/mol. The monoisotopic (exact) mass is 420 g/mol. The average molecular weight is 421 g/mol. The van der Waals surface area contributed by atoms with Crippen LogP contribution in [0.2, 0.25) is 0 Å². The van der Waals surface area contributed by atoms with Crippen molar-refractivity contribution in [1.82, 2.24) is 10.2 Å². The smallest absolute Gasteiger partial charge is 0.408 e. The van der Waals surface area contributed by atoms with Gasteiger partial charge in [-0.3, -0.25) is 9.59 Å². The molecule has 1 N–H and O–H groups in total. The standard InChI is InChI=1S/C22H32N2O6/c1-7-13-28-18(25)14-24(6)20(26)19(23-21(27)30-22(3,4)5)16(2)29-15-17-11-9-8-10-12-17/h7-12,16,19H,1,13-15H2,2-6H3,(H,23,27)/t16-,19+/m1/s1.